The molecule has 0 aliphatic carbocycles. The Morgan fingerprint density at radius 2 is 2.50 bits per heavy atom. The fourth-order valence-electron chi connectivity index (χ4n) is 2.06. The Labute approximate surface area is 96.4 Å². The van der Waals surface area contributed by atoms with Gasteiger partial charge >= 0.3 is 0 Å². The van der Waals surface area contributed by atoms with Gasteiger partial charge in [0.15, 0.2) is 0 Å². The Morgan fingerprint density at radius 1 is 1.62 bits per heavy atom. The first kappa shape index (κ1) is 11.4. The minimum Gasteiger partial charge on any atom is -0.375 e. The van der Waals surface area contributed by atoms with Crippen molar-refractivity contribution >= 4 is 5.69 Å². The smallest absolute Gasteiger partial charge is 0.0748 e. The summed E-state index contributed by atoms with van der Waals surface area (Å²) in [7, 11) is 0. The van der Waals surface area contributed by atoms with Crippen LogP contribution in [0.15, 0.2) is 18.5 Å². The van der Waals surface area contributed by atoms with E-state index in [0.717, 1.165) is 37.4 Å². The third-order valence-electron chi connectivity index (χ3n) is 3.04. The quantitative estimate of drug-likeness (QED) is 0.832. The number of hydrogen-bond acceptors (Lipinski definition) is 4. The Bertz CT molecular complexity index is 343. The van der Waals surface area contributed by atoms with Gasteiger partial charge in [-0.3, -0.25) is 4.98 Å². The van der Waals surface area contributed by atoms with E-state index in [4.69, 9.17) is 10.5 Å². The molecule has 4 heteroatoms. The predicted octanol–water partition coefficient (Wildman–Crippen LogP) is 1.16. The minimum absolute atomic E-state index is 0.333. The minimum atomic E-state index is 0.333. The fraction of sp³-hybridized carbons (Fsp3) is 0.583. The Morgan fingerprint density at radius 3 is 3.25 bits per heavy atom. The Kier molecular flexibility index (Phi) is 3.74. The van der Waals surface area contributed by atoms with Crippen LogP contribution in [-0.2, 0) is 11.3 Å². The molecule has 1 aromatic rings. The van der Waals surface area contributed by atoms with Crippen LogP contribution in [0.1, 0.15) is 18.9 Å². The second-order valence-electron chi connectivity index (χ2n) is 4.06. The summed E-state index contributed by atoms with van der Waals surface area (Å²) in [6.45, 7) is 5.37. The first-order valence-corrected chi connectivity index (χ1v) is 5.84. The highest BCUT2D eigenvalue weighted by atomic mass is 16.5. The number of aromatic nitrogens is 1. The monoisotopic (exact) mass is 221 g/mol. The number of hydrogen-bond donors (Lipinski definition) is 1. The van der Waals surface area contributed by atoms with Gasteiger partial charge in [-0.1, -0.05) is 6.92 Å². The number of nitrogens with two attached hydrogens (primary N) is 1. The fourth-order valence-corrected chi connectivity index (χ4v) is 2.06. The number of nitrogens with zero attached hydrogens (tertiary/aromatic N) is 2. The molecule has 1 saturated heterocycles. The number of pyridine rings is 1. The molecule has 1 aliphatic heterocycles. The van der Waals surface area contributed by atoms with E-state index < -0.39 is 0 Å². The highest BCUT2D eigenvalue weighted by Crippen LogP contribution is 2.21. The standard InChI is InChI=1S/C12H19N3O/c1-2-11-9-15(5-6-16-11)12-8-14-4-3-10(12)7-13/h3-4,8,11H,2,5-7,9,13H2,1H3. The highest BCUT2D eigenvalue weighted by Gasteiger charge is 2.20. The summed E-state index contributed by atoms with van der Waals surface area (Å²) in [5, 5.41) is 0. The molecular weight excluding hydrogens is 202 g/mol. The van der Waals surface area contributed by atoms with Crippen LogP contribution in [-0.4, -0.2) is 30.8 Å². The van der Waals surface area contributed by atoms with Crippen molar-refractivity contribution in [2.45, 2.75) is 26.0 Å². The number of anilines is 1. The summed E-state index contributed by atoms with van der Waals surface area (Å²) < 4.78 is 5.66. The highest BCUT2D eigenvalue weighted by molar-refractivity contribution is 5.52. The van der Waals surface area contributed by atoms with Crippen LogP contribution in [0, 0.1) is 0 Å². The maximum absolute atomic E-state index is 5.74. The molecule has 1 atom stereocenters. The lowest BCUT2D eigenvalue weighted by atomic mass is 10.1. The van der Waals surface area contributed by atoms with Gasteiger partial charge in [0.1, 0.15) is 0 Å². The summed E-state index contributed by atoms with van der Waals surface area (Å²) in [5.74, 6) is 0. The van der Waals surface area contributed by atoms with Gasteiger partial charge in [-0.15, -0.1) is 0 Å². The molecule has 1 aromatic heterocycles. The van der Waals surface area contributed by atoms with Gasteiger partial charge in [-0.25, -0.2) is 0 Å². The van der Waals surface area contributed by atoms with Crippen LogP contribution < -0.4 is 10.6 Å². The van der Waals surface area contributed by atoms with Crippen molar-refractivity contribution in [1.29, 1.82) is 0 Å². The zero-order valence-electron chi connectivity index (χ0n) is 9.72. The molecule has 1 aliphatic rings. The first-order valence-electron chi connectivity index (χ1n) is 5.84. The molecule has 0 radical (unpaired) electrons. The molecule has 1 fully saturated rings. The molecule has 0 amide bonds. The van der Waals surface area contributed by atoms with E-state index in [9.17, 15) is 0 Å². The second-order valence-corrected chi connectivity index (χ2v) is 4.06. The van der Waals surface area contributed by atoms with Gasteiger partial charge < -0.3 is 15.4 Å². The molecule has 0 saturated carbocycles. The lowest BCUT2D eigenvalue weighted by Gasteiger charge is -2.34. The second kappa shape index (κ2) is 5.27. The van der Waals surface area contributed by atoms with Crippen molar-refractivity contribution in [3.05, 3.63) is 24.0 Å². The summed E-state index contributed by atoms with van der Waals surface area (Å²) >= 11 is 0. The van der Waals surface area contributed by atoms with Gasteiger partial charge in [-0.05, 0) is 18.1 Å². The molecule has 16 heavy (non-hydrogen) atoms. The van der Waals surface area contributed by atoms with Crippen molar-refractivity contribution in [1.82, 2.24) is 4.98 Å². The van der Waals surface area contributed by atoms with Crippen LogP contribution in [0.4, 0.5) is 5.69 Å². The Balaban J connectivity index is 2.16. The van der Waals surface area contributed by atoms with Gasteiger partial charge in [0.2, 0.25) is 0 Å². The third-order valence-corrected chi connectivity index (χ3v) is 3.04. The van der Waals surface area contributed by atoms with Crippen LogP contribution in [0.25, 0.3) is 0 Å². The molecule has 0 bridgehead atoms. The van der Waals surface area contributed by atoms with Crippen molar-refractivity contribution in [3.8, 4) is 0 Å². The van der Waals surface area contributed by atoms with E-state index in [1.807, 2.05) is 12.3 Å². The average Bonchev–Trinajstić information content (AvgIpc) is 2.38. The van der Waals surface area contributed by atoms with Crippen molar-refractivity contribution in [2.24, 2.45) is 5.73 Å². The molecule has 1 unspecified atom stereocenters. The van der Waals surface area contributed by atoms with Gasteiger partial charge in [0.25, 0.3) is 0 Å². The largest absolute Gasteiger partial charge is 0.375 e. The van der Waals surface area contributed by atoms with Crippen molar-refractivity contribution in [2.75, 3.05) is 24.6 Å². The summed E-state index contributed by atoms with van der Waals surface area (Å²) in [4.78, 5) is 6.51. The number of rotatable bonds is 3. The molecule has 2 rings (SSSR count). The zero-order valence-corrected chi connectivity index (χ0v) is 9.72. The van der Waals surface area contributed by atoms with Gasteiger partial charge in [-0.2, -0.15) is 0 Å². The van der Waals surface area contributed by atoms with E-state index in [1.165, 1.54) is 0 Å². The zero-order chi connectivity index (χ0) is 11.4. The molecule has 2 heterocycles. The maximum Gasteiger partial charge on any atom is 0.0748 e. The molecule has 4 nitrogen and oxygen atoms in total. The van der Waals surface area contributed by atoms with Crippen molar-refractivity contribution < 1.29 is 4.74 Å². The normalized spacial score (nSPS) is 21.1. The first-order chi connectivity index (χ1) is 7.85. The lowest BCUT2D eigenvalue weighted by Crippen LogP contribution is -2.42. The van der Waals surface area contributed by atoms with Gasteiger partial charge in [0.05, 0.1) is 24.6 Å². The molecule has 0 aromatic carbocycles. The van der Waals surface area contributed by atoms with E-state index >= 15 is 0 Å². The van der Waals surface area contributed by atoms with Crippen LogP contribution in [0.3, 0.4) is 0 Å². The van der Waals surface area contributed by atoms with E-state index in [-0.39, 0.29) is 0 Å². The lowest BCUT2D eigenvalue weighted by molar-refractivity contribution is 0.0383. The van der Waals surface area contributed by atoms with Crippen LogP contribution in [0.2, 0.25) is 0 Å². The third kappa shape index (κ3) is 2.33. The van der Waals surface area contributed by atoms with E-state index in [2.05, 4.69) is 16.8 Å². The summed E-state index contributed by atoms with van der Waals surface area (Å²) in [6, 6.07) is 1.99. The van der Waals surface area contributed by atoms with Crippen LogP contribution in [0.5, 0.6) is 0 Å². The van der Waals surface area contributed by atoms with Gasteiger partial charge in [0, 0.05) is 25.8 Å². The SMILES string of the molecule is CCC1CN(c2cnccc2CN)CCO1. The maximum atomic E-state index is 5.74. The van der Waals surface area contributed by atoms with E-state index in [1.54, 1.807) is 6.20 Å². The van der Waals surface area contributed by atoms with Crippen LogP contribution >= 0.6 is 0 Å². The van der Waals surface area contributed by atoms with Crippen molar-refractivity contribution in [3.63, 3.8) is 0 Å². The Hall–Kier alpha value is -1.13. The van der Waals surface area contributed by atoms with E-state index in [0.29, 0.717) is 12.6 Å². The molecule has 2 N–H and O–H groups in total. The topological polar surface area (TPSA) is 51.4 Å². The molecular formula is C12H19N3O. The predicted molar refractivity (Wildman–Crippen MR) is 64.4 cm³/mol. The molecule has 88 valence electrons. The number of ether oxygens (including phenoxy) is 1. The summed E-state index contributed by atoms with van der Waals surface area (Å²) in [6.07, 6.45) is 5.08. The summed E-state index contributed by atoms with van der Waals surface area (Å²) in [5.41, 5.74) is 8.06. The number of morpholine rings is 1. The average molecular weight is 221 g/mol. The molecule has 0 spiro atoms.